The largest absolute Gasteiger partial charge is 0.281 e. The SMILES string of the molecule is CC(C)c1[nH]nc2c1CCC=C2. The molecule has 2 heteroatoms. The zero-order valence-electron chi connectivity index (χ0n) is 7.59. The van der Waals surface area contributed by atoms with Gasteiger partial charge in [-0.15, -0.1) is 0 Å². The van der Waals surface area contributed by atoms with Crippen LogP contribution in [0.1, 0.15) is 43.1 Å². The van der Waals surface area contributed by atoms with Crippen LogP contribution in [0.4, 0.5) is 0 Å². The normalized spacial score (nSPS) is 15.2. The average Bonchev–Trinajstić information content (AvgIpc) is 2.47. The Bertz CT molecular complexity index is 308. The van der Waals surface area contributed by atoms with Gasteiger partial charge >= 0.3 is 0 Å². The van der Waals surface area contributed by atoms with Gasteiger partial charge in [-0.1, -0.05) is 19.9 Å². The maximum Gasteiger partial charge on any atom is 0.0880 e. The van der Waals surface area contributed by atoms with Gasteiger partial charge in [-0.3, -0.25) is 5.10 Å². The van der Waals surface area contributed by atoms with Gasteiger partial charge < -0.3 is 0 Å². The molecule has 2 rings (SSSR count). The molecule has 1 N–H and O–H groups in total. The molecule has 0 saturated carbocycles. The molecule has 1 aliphatic carbocycles. The van der Waals surface area contributed by atoms with Gasteiger partial charge in [-0.25, -0.2) is 0 Å². The lowest BCUT2D eigenvalue weighted by Crippen LogP contribution is -1.97. The summed E-state index contributed by atoms with van der Waals surface area (Å²) in [6.45, 7) is 4.40. The van der Waals surface area contributed by atoms with Crippen molar-refractivity contribution in [3.8, 4) is 0 Å². The minimum atomic E-state index is 0.563. The first-order valence-corrected chi connectivity index (χ1v) is 4.52. The number of nitrogens with zero attached hydrogens (tertiary/aromatic N) is 1. The standard InChI is InChI=1S/C10H14N2/c1-7(2)10-8-5-3-4-6-9(8)11-12-10/h4,6-7H,3,5H2,1-2H3,(H,11,12). The van der Waals surface area contributed by atoms with Crippen LogP contribution in [0.25, 0.3) is 6.08 Å². The van der Waals surface area contributed by atoms with Crippen molar-refractivity contribution in [3.63, 3.8) is 0 Å². The van der Waals surface area contributed by atoms with Crippen molar-refractivity contribution in [2.24, 2.45) is 0 Å². The van der Waals surface area contributed by atoms with Gasteiger partial charge in [-0.2, -0.15) is 5.10 Å². The Morgan fingerprint density at radius 2 is 2.33 bits per heavy atom. The van der Waals surface area contributed by atoms with E-state index in [-0.39, 0.29) is 0 Å². The Kier molecular flexibility index (Phi) is 1.75. The van der Waals surface area contributed by atoms with Crippen LogP contribution in [0, 0.1) is 0 Å². The van der Waals surface area contributed by atoms with Crippen molar-refractivity contribution < 1.29 is 0 Å². The summed E-state index contributed by atoms with van der Waals surface area (Å²) in [5.74, 6) is 0.563. The molecule has 1 heterocycles. The minimum Gasteiger partial charge on any atom is -0.281 e. The van der Waals surface area contributed by atoms with Crippen molar-refractivity contribution in [2.75, 3.05) is 0 Å². The van der Waals surface area contributed by atoms with E-state index >= 15 is 0 Å². The zero-order chi connectivity index (χ0) is 8.55. The molecule has 1 aromatic heterocycles. The first kappa shape index (κ1) is 7.59. The van der Waals surface area contributed by atoms with Gasteiger partial charge in [0.05, 0.1) is 5.69 Å². The monoisotopic (exact) mass is 162 g/mol. The number of hydrogen-bond acceptors (Lipinski definition) is 1. The third kappa shape index (κ3) is 1.07. The highest BCUT2D eigenvalue weighted by Crippen LogP contribution is 2.25. The first-order chi connectivity index (χ1) is 5.79. The van der Waals surface area contributed by atoms with Crippen LogP contribution in [0.15, 0.2) is 6.08 Å². The molecule has 0 spiro atoms. The number of H-pyrrole nitrogens is 1. The second-order valence-corrected chi connectivity index (χ2v) is 3.60. The van der Waals surface area contributed by atoms with Crippen molar-refractivity contribution in [1.82, 2.24) is 10.2 Å². The molecule has 0 unspecified atom stereocenters. The summed E-state index contributed by atoms with van der Waals surface area (Å²) in [4.78, 5) is 0. The van der Waals surface area contributed by atoms with Crippen LogP contribution in [-0.4, -0.2) is 10.2 Å². The molecule has 0 aliphatic heterocycles. The van der Waals surface area contributed by atoms with Crippen LogP contribution in [0.3, 0.4) is 0 Å². The summed E-state index contributed by atoms with van der Waals surface area (Å²) in [5, 5.41) is 7.38. The van der Waals surface area contributed by atoms with Crippen LogP contribution < -0.4 is 0 Å². The topological polar surface area (TPSA) is 28.7 Å². The summed E-state index contributed by atoms with van der Waals surface area (Å²) in [6, 6.07) is 0. The number of nitrogens with one attached hydrogen (secondary N) is 1. The molecule has 64 valence electrons. The van der Waals surface area contributed by atoms with Gasteiger partial charge in [0.1, 0.15) is 0 Å². The maximum atomic E-state index is 4.27. The van der Waals surface area contributed by atoms with E-state index in [0.29, 0.717) is 5.92 Å². The predicted octanol–water partition coefficient (Wildman–Crippen LogP) is 2.49. The smallest absolute Gasteiger partial charge is 0.0880 e. The summed E-state index contributed by atoms with van der Waals surface area (Å²) < 4.78 is 0. The van der Waals surface area contributed by atoms with E-state index in [1.165, 1.54) is 11.3 Å². The van der Waals surface area contributed by atoms with Gasteiger partial charge in [0.2, 0.25) is 0 Å². The highest BCUT2D eigenvalue weighted by molar-refractivity contribution is 5.53. The third-order valence-electron chi connectivity index (χ3n) is 2.35. The second-order valence-electron chi connectivity index (χ2n) is 3.60. The molecule has 0 bridgehead atoms. The van der Waals surface area contributed by atoms with Crippen molar-refractivity contribution in [1.29, 1.82) is 0 Å². The number of aromatic amines is 1. The molecule has 0 atom stereocenters. The fourth-order valence-electron chi connectivity index (χ4n) is 1.69. The van der Waals surface area contributed by atoms with E-state index in [2.05, 4.69) is 36.2 Å². The molecule has 0 fully saturated rings. The van der Waals surface area contributed by atoms with E-state index in [9.17, 15) is 0 Å². The Labute approximate surface area is 72.7 Å². The number of rotatable bonds is 1. The van der Waals surface area contributed by atoms with Crippen LogP contribution >= 0.6 is 0 Å². The third-order valence-corrected chi connectivity index (χ3v) is 2.35. The maximum absolute atomic E-state index is 4.27. The first-order valence-electron chi connectivity index (χ1n) is 4.52. The van der Waals surface area contributed by atoms with E-state index in [4.69, 9.17) is 0 Å². The Hall–Kier alpha value is -1.05. The van der Waals surface area contributed by atoms with Gasteiger partial charge in [0, 0.05) is 11.3 Å². The van der Waals surface area contributed by atoms with E-state index < -0.39 is 0 Å². The molecule has 0 aromatic carbocycles. The molecular formula is C10H14N2. The van der Waals surface area contributed by atoms with Crippen molar-refractivity contribution >= 4 is 6.08 Å². The molecule has 0 saturated heterocycles. The van der Waals surface area contributed by atoms with Gasteiger partial charge in [-0.05, 0) is 24.8 Å². The Morgan fingerprint density at radius 3 is 3.08 bits per heavy atom. The van der Waals surface area contributed by atoms with E-state index in [1.807, 2.05) is 0 Å². The van der Waals surface area contributed by atoms with Gasteiger partial charge in [0.15, 0.2) is 0 Å². The van der Waals surface area contributed by atoms with Crippen molar-refractivity contribution in [3.05, 3.63) is 23.0 Å². The molecular weight excluding hydrogens is 148 g/mol. The van der Waals surface area contributed by atoms with Gasteiger partial charge in [0.25, 0.3) is 0 Å². The van der Waals surface area contributed by atoms with Crippen LogP contribution in [0.5, 0.6) is 0 Å². The summed E-state index contributed by atoms with van der Waals surface area (Å²) >= 11 is 0. The van der Waals surface area contributed by atoms with Crippen LogP contribution in [-0.2, 0) is 6.42 Å². The molecule has 1 aliphatic rings. The number of hydrogen-bond donors (Lipinski definition) is 1. The zero-order valence-corrected chi connectivity index (χ0v) is 7.59. The van der Waals surface area contributed by atoms with Crippen molar-refractivity contribution in [2.45, 2.75) is 32.6 Å². The predicted molar refractivity (Wildman–Crippen MR) is 50.0 cm³/mol. The molecule has 0 radical (unpaired) electrons. The second kappa shape index (κ2) is 2.77. The van der Waals surface area contributed by atoms with Crippen LogP contribution in [0.2, 0.25) is 0 Å². The molecule has 1 aromatic rings. The fraction of sp³-hybridized carbons (Fsp3) is 0.500. The summed E-state index contributed by atoms with van der Waals surface area (Å²) in [6.07, 6.45) is 6.61. The minimum absolute atomic E-state index is 0.563. The van der Waals surface area contributed by atoms with E-state index in [0.717, 1.165) is 18.5 Å². The summed E-state index contributed by atoms with van der Waals surface area (Å²) in [5.41, 5.74) is 3.88. The number of aromatic nitrogens is 2. The molecule has 12 heavy (non-hydrogen) atoms. The molecule has 2 nitrogen and oxygen atoms in total. The lowest BCUT2D eigenvalue weighted by Gasteiger charge is -2.08. The lowest BCUT2D eigenvalue weighted by molar-refractivity contribution is 0.792. The molecule has 0 amide bonds. The highest BCUT2D eigenvalue weighted by Gasteiger charge is 2.14. The Morgan fingerprint density at radius 1 is 1.50 bits per heavy atom. The quantitative estimate of drug-likeness (QED) is 0.675. The fourth-order valence-corrected chi connectivity index (χ4v) is 1.69. The lowest BCUT2D eigenvalue weighted by atomic mass is 9.97. The average molecular weight is 162 g/mol. The highest BCUT2D eigenvalue weighted by atomic mass is 15.1. The number of allylic oxidation sites excluding steroid dienone is 1. The Balaban J connectivity index is 2.46. The number of fused-ring (bicyclic) bond motifs is 1. The van der Waals surface area contributed by atoms with E-state index in [1.54, 1.807) is 0 Å². The summed E-state index contributed by atoms with van der Waals surface area (Å²) in [7, 11) is 0.